The van der Waals surface area contributed by atoms with Crippen molar-refractivity contribution in [3.05, 3.63) is 51.6 Å². The number of anilines is 2. The third-order valence-corrected chi connectivity index (χ3v) is 5.30. The zero-order valence-electron chi connectivity index (χ0n) is 14.6. The summed E-state index contributed by atoms with van der Waals surface area (Å²) in [6, 6.07) is 6.25. The molecular formula is C19H21FN4O2. The van der Waals surface area contributed by atoms with E-state index < -0.39 is 11.7 Å². The second-order valence-corrected chi connectivity index (χ2v) is 7.15. The standard InChI is InChI=1S/C19H21FN4O2/c1-11-6-8-24(9-7-11)19-22-17-16(18(26)23-19)13(10-15(25)21-17)12-4-2-3-5-14(12)20/h2-5,11,13H,6-10H2,1H3,(H2,21,22,23,25,26). The van der Waals surface area contributed by atoms with Gasteiger partial charge in [0, 0.05) is 25.4 Å². The van der Waals surface area contributed by atoms with Gasteiger partial charge in [0.1, 0.15) is 11.6 Å². The van der Waals surface area contributed by atoms with Gasteiger partial charge in [-0.1, -0.05) is 25.1 Å². The number of halogens is 1. The van der Waals surface area contributed by atoms with Crippen molar-refractivity contribution in [1.29, 1.82) is 0 Å². The van der Waals surface area contributed by atoms with E-state index in [-0.39, 0.29) is 23.7 Å². The van der Waals surface area contributed by atoms with Crippen LogP contribution in [0, 0.1) is 11.7 Å². The number of hydrogen-bond acceptors (Lipinski definition) is 4. The molecule has 2 aromatic rings. The molecule has 0 aliphatic carbocycles. The van der Waals surface area contributed by atoms with Crippen molar-refractivity contribution in [3.8, 4) is 0 Å². The number of piperidine rings is 1. The molecule has 2 aliphatic heterocycles. The Hall–Kier alpha value is -2.70. The number of amides is 1. The van der Waals surface area contributed by atoms with Crippen LogP contribution in [0.25, 0.3) is 0 Å². The van der Waals surface area contributed by atoms with E-state index in [4.69, 9.17) is 0 Å². The van der Waals surface area contributed by atoms with E-state index in [2.05, 4.69) is 22.2 Å². The summed E-state index contributed by atoms with van der Waals surface area (Å²) >= 11 is 0. The van der Waals surface area contributed by atoms with Crippen LogP contribution < -0.4 is 15.8 Å². The van der Waals surface area contributed by atoms with Gasteiger partial charge in [0.05, 0.1) is 5.56 Å². The van der Waals surface area contributed by atoms with Crippen LogP contribution in [0.1, 0.15) is 43.2 Å². The predicted molar refractivity (Wildman–Crippen MR) is 97.0 cm³/mol. The van der Waals surface area contributed by atoms with Gasteiger partial charge in [-0.05, 0) is 30.4 Å². The van der Waals surface area contributed by atoms with Crippen LogP contribution in [0.2, 0.25) is 0 Å². The number of nitrogens with zero attached hydrogens (tertiary/aromatic N) is 2. The van der Waals surface area contributed by atoms with Crippen molar-refractivity contribution in [2.75, 3.05) is 23.3 Å². The average molecular weight is 356 g/mol. The van der Waals surface area contributed by atoms with Crippen LogP contribution in [0.4, 0.5) is 16.2 Å². The molecule has 0 saturated carbocycles. The molecule has 1 unspecified atom stereocenters. The highest BCUT2D eigenvalue weighted by Crippen LogP contribution is 2.35. The molecule has 1 aromatic heterocycles. The van der Waals surface area contributed by atoms with Crippen LogP contribution in [0.15, 0.2) is 29.1 Å². The Balaban J connectivity index is 1.76. The van der Waals surface area contributed by atoms with E-state index in [1.54, 1.807) is 18.2 Å². The lowest BCUT2D eigenvalue weighted by Gasteiger charge is -2.32. The molecule has 0 radical (unpaired) electrons. The monoisotopic (exact) mass is 356 g/mol. The summed E-state index contributed by atoms with van der Waals surface area (Å²) in [7, 11) is 0. The summed E-state index contributed by atoms with van der Waals surface area (Å²) in [5, 5.41) is 2.69. The van der Waals surface area contributed by atoms with E-state index in [0.717, 1.165) is 25.9 Å². The van der Waals surface area contributed by atoms with Gasteiger partial charge >= 0.3 is 0 Å². The largest absolute Gasteiger partial charge is 0.342 e. The molecule has 1 fully saturated rings. The number of carbonyl (C=O) groups excluding carboxylic acids is 1. The average Bonchev–Trinajstić information content (AvgIpc) is 2.61. The zero-order chi connectivity index (χ0) is 18.3. The Morgan fingerprint density at radius 2 is 1.92 bits per heavy atom. The highest BCUT2D eigenvalue weighted by Gasteiger charge is 2.33. The first-order chi connectivity index (χ1) is 12.5. The lowest BCUT2D eigenvalue weighted by molar-refractivity contribution is -0.116. The molecule has 6 nitrogen and oxygen atoms in total. The first-order valence-electron chi connectivity index (χ1n) is 8.96. The summed E-state index contributed by atoms with van der Waals surface area (Å²) in [4.78, 5) is 34.3. The minimum Gasteiger partial charge on any atom is -0.342 e. The summed E-state index contributed by atoms with van der Waals surface area (Å²) < 4.78 is 14.3. The topological polar surface area (TPSA) is 78.1 Å². The maximum Gasteiger partial charge on any atom is 0.258 e. The quantitative estimate of drug-likeness (QED) is 0.867. The Morgan fingerprint density at radius 1 is 1.19 bits per heavy atom. The van der Waals surface area contributed by atoms with Crippen molar-refractivity contribution < 1.29 is 9.18 Å². The Bertz CT molecular complexity index is 903. The van der Waals surface area contributed by atoms with Crippen LogP contribution in [-0.2, 0) is 4.79 Å². The highest BCUT2D eigenvalue weighted by molar-refractivity contribution is 5.94. The molecule has 4 rings (SSSR count). The molecule has 0 bridgehead atoms. The molecule has 136 valence electrons. The number of carbonyl (C=O) groups is 1. The normalized spacial score (nSPS) is 20.6. The number of nitrogens with one attached hydrogen (secondary N) is 2. The van der Waals surface area contributed by atoms with Crippen molar-refractivity contribution in [2.24, 2.45) is 5.92 Å². The molecule has 1 atom stereocenters. The summed E-state index contributed by atoms with van der Waals surface area (Å²) in [5.41, 5.74) is 0.344. The second-order valence-electron chi connectivity index (χ2n) is 7.15. The van der Waals surface area contributed by atoms with Crippen LogP contribution in [-0.4, -0.2) is 29.0 Å². The maximum atomic E-state index is 14.3. The van der Waals surface area contributed by atoms with Crippen molar-refractivity contribution >= 4 is 17.7 Å². The molecule has 1 saturated heterocycles. The number of hydrogen-bond donors (Lipinski definition) is 2. The fourth-order valence-corrected chi connectivity index (χ4v) is 3.75. The number of aromatic amines is 1. The van der Waals surface area contributed by atoms with Crippen LogP contribution >= 0.6 is 0 Å². The van der Waals surface area contributed by atoms with Crippen molar-refractivity contribution in [2.45, 2.75) is 32.1 Å². The first-order valence-corrected chi connectivity index (χ1v) is 8.96. The molecule has 2 aliphatic rings. The van der Waals surface area contributed by atoms with E-state index in [1.165, 1.54) is 6.07 Å². The molecule has 0 spiro atoms. The fraction of sp³-hybridized carbons (Fsp3) is 0.421. The van der Waals surface area contributed by atoms with Gasteiger partial charge < -0.3 is 10.2 Å². The van der Waals surface area contributed by atoms with Crippen molar-refractivity contribution in [3.63, 3.8) is 0 Å². The summed E-state index contributed by atoms with van der Waals surface area (Å²) in [5.74, 6) is 0.0445. The zero-order valence-corrected chi connectivity index (χ0v) is 14.6. The molecule has 26 heavy (non-hydrogen) atoms. The van der Waals surface area contributed by atoms with E-state index in [0.29, 0.717) is 23.0 Å². The highest BCUT2D eigenvalue weighted by atomic mass is 19.1. The van der Waals surface area contributed by atoms with Gasteiger partial charge in [-0.15, -0.1) is 0 Å². The minimum absolute atomic E-state index is 0.0271. The van der Waals surface area contributed by atoms with E-state index in [9.17, 15) is 14.0 Å². The Labute approximate surface area is 150 Å². The van der Waals surface area contributed by atoms with Gasteiger partial charge in [0.15, 0.2) is 0 Å². The van der Waals surface area contributed by atoms with Gasteiger partial charge in [-0.25, -0.2) is 4.39 Å². The third-order valence-electron chi connectivity index (χ3n) is 5.30. The summed E-state index contributed by atoms with van der Waals surface area (Å²) in [6.07, 6.45) is 2.09. The predicted octanol–water partition coefficient (Wildman–Crippen LogP) is 2.62. The number of fused-ring (bicyclic) bond motifs is 1. The number of H-pyrrole nitrogens is 1. The first kappa shape index (κ1) is 16.8. The lowest BCUT2D eigenvalue weighted by Crippen LogP contribution is -2.37. The SMILES string of the molecule is CC1CCN(c2nc3c(c(=O)[nH]2)C(c2ccccc2F)CC(=O)N3)CC1. The molecule has 1 amide bonds. The third kappa shape index (κ3) is 2.98. The number of benzene rings is 1. The van der Waals surface area contributed by atoms with E-state index in [1.807, 2.05) is 4.90 Å². The fourth-order valence-electron chi connectivity index (χ4n) is 3.75. The van der Waals surface area contributed by atoms with Crippen LogP contribution in [0.3, 0.4) is 0 Å². The smallest absolute Gasteiger partial charge is 0.258 e. The Morgan fingerprint density at radius 3 is 2.65 bits per heavy atom. The van der Waals surface area contributed by atoms with Crippen molar-refractivity contribution in [1.82, 2.24) is 9.97 Å². The lowest BCUT2D eigenvalue weighted by atomic mass is 9.86. The Kier molecular flexibility index (Phi) is 4.22. The molecule has 2 N–H and O–H groups in total. The molecule has 3 heterocycles. The van der Waals surface area contributed by atoms with Gasteiger partial charge in [0.25, 0.3) is 5.56 Å². The maximum absolute atomic E-state index is 14.3. The molecular weight excluding hydrogens is 335 g/mol. The molecule has 7 heteroatoms. The van der Waals surface area contributed by atoms with E-state index >= 15 is 0 Å². The van der Waals surface area contributed by atoms with Crippen LogP contribution in [0.5, 0.6) is 0 Å². The molecule has 1 aromatic carbocycles. The summed E-state index contributed by atoms with van der Waals surface area (Å²) in [6.45, 7) is 3.83. The number of rotatable bonds is 2. The van der Waals surface area contributed by atoms with Gasteiger partial charge in [-0.3, -0.25) is 14.6 Å². The van der Waals surface area contributed by atoms with Gasteiger partial charge in [0.2, 0.25) is 11.9 Å². The number of aromatic nitrogens is 2. The second kappa shape index (κ2) is 6.55. The van der Waals surface area contributed by atoms with Gasteiger partial charge in [-0.2, -0.15) is 4.98 Å². The minimum atomic E-state index is -0.633.